The molecule has 1 rings (SSSR count). The molecule has 1 nitrogen and oxygen atoms in total. The predicted octanol–water partition coefficient (Wildman–Crippen LogP) is 2.52. The summed E-state index contributed by atoms with van der Waals surface area (Å²) in [4.78, 5) is 0. The minimum Gasteiger partial charge on any atom is -0.376 e. The van der Waals surface area contributed by atoms with E-state index in [1.807, 2.05) is 0 Å². The highest BCUT2D eigenvalue weighted by molar-refractivity contribution is 6.64. The lowest BCUT2D eigenvalue weighted by Gasteiger charge is -2.27. The van der Waals surface area contributed by atoms with Crippen molar-refractivity contribution in [1.29, 1.82) is 0 Å². The summed E-state index contributed by atoms with van der Waals surface area (Å²) in [6, 6.07) is 2.76. The molecule has 0 bridgehead atoms. The summed E-state index contributed by atoms with van der Waals surface area (Å²) in [5, 5.41) is 0. The van der Waals surface area contributed by atoms with Gasteiger partial charge in [-0.15, -0.1) is 0 Å². The van der Waals surface area contributed by atoms with Gasteiger partial charge in [-0.3, -0.25) is 0 Å². The molecule has 65 valence electrons. The number of ether oxygens (including phenoxy) is 1. The van der Waals surface area contributed by atoms with E-state index < -0.39 is 8.80 Å². The minimum atomic E-state index is -0.579. The van der Waals surface area contributed by atoms with Gasteiger partial charge in [0.25, 0.3) is 0 Å². The highest BCUT2D eigenvalue weighted by Crippen LogP contribution is 2.25. The van der Waals surface area contributed by atoms with Crippen LogP contribution in [0.25, 0.3) is 0 Å². The fourth-order valence-electron chi connectivity index (χ4n) is 1.74. The van der Waals surface area contributed by atoms with Gasteiger partial charge in [-0.2, -0.15) is 0 Å². The standard InChI is InChI=1S/C9H19OSi/c1-3-11(4-2)9-7-5-6-8-10-9/h11H,3-8H2,1-2H3. The number of rotatable bonds is 3. The Bertz CT molecular complexity index is 95.7. The molecule has 0 aromatic heterocycles. The smallest absolute Gasteiger partial charge is 0.0802 e. The lowest BCUT2D eigenvalue weighted by molar-refractivity contribution is 0.132. The summed E-state index contributed by atoms with van der Waals surface area (Å²) in [5.41, 5.74) is 1.52. The molecule has 1 fully saturated rings. The summed E-state index contributed by atoms with van der Waals surface area (Å²) >= 11 is 0. The van der Waals surface area contributed by atoms with Crippen LogP contribution in [0.4, 0.5) is 0 Å². The fraction of sp³-hybridized carbons (Fsp3) is 0.889. The Morgan fingerprint density at radius 1 is 1.27 bits per heavy atom. The molecule has 1 radical (unpaired) electrons. The van der Waals surface area contributed by atoms with Gasteiger partial charge in [0.2, 0.25) is 0 Å². The lowest BCUT2D eigenvalue weighted by Crippen LogP contribution is -2.27. The van der Waals surface area contributed by atoms with Gasteiger partial charge in [0.05, 0.1) is 14.5 Å². The third-order valence-corrected chi connectivity index (χ3v) is 5.88. The summed E-state index contributed by atoms with van der Waals surface area (Å²) in [5.74, 6) is 0. The molecule has 0 amide bonds. The van der Waals surface area contributed by atoms with E-state index in [2.05, 4.69) is 13.8 Å². The van der Waals surface area contributed by atoms with Crippen molar-refractivity contribution in [3.05, 3.63) is 5.73 Å². The van der Waals surface area contributed by atoms with E-state index >= 15 is 0 Å². The van der Waals surface area contributed by atoms with Crippen molar-refractivity contribution in [2.45, 2.75) is 45.2 Å². The molecule has 2 heteroatoms. The molecule has 0 aliphatic carbocycles. The monoisotopic (exact) mass is 171 g/mol. The molecule has 0 atom stereocenters. The van der Waals surface area contributed by atoms with Crippen LogP contribution in [-0.2, 0) is 4.74 Å². The van der Waals surface area contributed by atoms with Crippen molar-refractivity contribution < 1.29 is 4.74 Å². The van der Waals surface area contributed by atoms with Crippen LogP contribution in [0.1, 0.15) is 33.1 Å². The second-order valence-corrected chi connectivity index (χ2v) is 6.96. The normalized spacial score (nSPS) is 21.0. The topological polar surface area (TPSA) is 9.23 Å². The summed E-state index contributed by atoms with van der Waals surface area (Å²) in [7, 11) is -0.579. The van der Waals surface area contributed by atoms with E-state index in [1.54, 1.807) is 0 Å². The zero-order valence-electron chi connectivity index (χ0n) is 7.73. The maximum atomic E-state index is 5.70. The van der Waals surface area contributed by atoms with Crippen molar-refractivity contribution in [1.82, 2.24) is 0 Å². The first-order valence-electron chi connectivity index (χ1n) is 4.87. The van der Waals surface area contributed by atoms with Crippen LogP contribution in [0.3, 0.4) is 0 Å². The summed E-state index contributed by atoms with van der Waals surface area (Å²) in [6.45, 7) is 5.62. The quantitative estimate of drug-likeness (QED) is 0.593. The van der Waals surface area contributed by atoms with E-state index in [0.29, 0.717) is 0 Å². The Morgan fingerprint density at radius 3 is 2.45 bits per heavy atom. The molecule has 0 aromatic carbocycles. The minimum absolute atomic E-state index is 0.579. The van der Waals surface area contributed by atoms with Crippen molar-refractivity contribution in [3.63, 3.8) is 0 Å². The largest absolute Gasteiger partial charge is 0.376 e. The Hall–Kier alpha value is 0.177. The van der Waals surface area contributed by atoms with E-state index in [-0.39, 0.29) is 0 Å². The molecule has 0 aromatic rings. The summed E-state index contributed by atoms with van der Waals surface area (Å²) in [6.07, 6.45) is 3.93. The second kappa shape index (κ2) is 4.94. The third-order valence-electron chi connectivity index (χ3n) is 2.55. The van der Waals surface area contributed by atoms with Gasteiger partial charge in [0, 0.05) is 6.61 Å². The van der Waals surface area contributed by atoms with E-state index in [0.717, 1.165) is 6.61 Å². The van der Waals surface area contributed by atoms with Crippen LogP contribution in [0.2, 0.25) is 12.1 Å². The van der Waals surface area contributed by atoms with Crippen LogP contribution >= 0.6 is 0 Å². The second-order valence-electron chi connectivity index (χ2n) is 3.29. The average Bonchev–Trinajstić information content (AvgIpc) is 2.09. The van der Waals surface area contributed by atoms with Crippen LogP contribution < -0.4 is 0 Å². The Morgan fingerprint density at radius 2 is 2.00 bits per heavy atom. The highest BCUT2D eigenvalue weighted by Gasteiger charge is 2.23. The van der Waals surface area contributed by atoms with E-state index in [1.165, 1.54) is 37.1 Å². The van der Waals surface area contributed by atoms with Crippen LogP contribution in [0.15, 0.2) is 0 Å². The maximum Gasteiger partial charge on any atom is 0.0802 e. The van der Waals surface area contributed by atoms with Crippen LogP contribution in [0, 0.1) is 5.73 Å². The van der Waals surface area contributed by atoms with Gasteiger partial charge >= 0.3 is 0 Å². The van der Waals surface area contributed by atoms with Gasteiger partial charge < -0.3 is 4.74 Å². The zero-order valence-corrected chi connectivity index (χ0v) is 8.88. The molecule has 1 heterocycles. The molecular weight excluding hydrogens is 152 g/mol. The molecule has 1 aliphatic rings. The van der Waals surface area contributed by atoms with Gasteiger partial charge in [-0.1, -0.05) is 25.9 Å². The highest BCUT2D eigenvalue weighted by atomic mass is 28.3. The predicted molar refractivity (Wildman–Crippen MR) is 51.2 cm³/mol. The van der Waals surface area contributed by atoms with E-state index in [9.17, 15) is 0 Å². The molecule has 1 aliphatic heterocycles. The Balaban J connectivity index is 2.30. The molecule has 0 saturated carbocycles. The number of hydrogen-bond acceptors (Lipinski definition) is 1. The summed E-state index contributed by atoms with van der Waals surface area (Å²) < 4.78 is 5.70. The van der Waals surface area contributed by atoms with Crippen molar-refractivity contribution in [3.8, 4) is 0 Å². The van der Waals surface area contributed by atoms with Gasteiger partial charge in [-0.05, 0) is 19.3 Å². The molecule has 11 heavy (non-hydrogen) atoms. The van der Waals surface area contributed by atoms with Crippen molar-refractivity contribution in [2.24, 2.45) is 0 Å². The van der Waals surface area contributed by atoms with E-state index in [4.69, 9.17) is 4.74 Å². The van der Waals surface area contributed by atoms with Gasteiger partial charge in [0.15, 0.2) is 0 Å². The van der Waals surface area contributed by atoms with Gasteiger partial charge in [-0.25, -0.2) is 0 Å². The first-order valence-corrected chi connectivity index (χ1v) is 7.08. The molecule has 1 saturated heterocycles. The SMILES string of the molecule is CC[SiH](CC)[C]1CCCCO1. The zero-order chi connectivity index (χ0) is 8.10. The van der Waals surface area contributed by atoms with Crippen molar-refractivity contribution in [2.75, 3.05) is 6.61 Å². The molecule has 0 spiro atoms. The molecule has 0 N–H and O–H groups in total. The third kappa shape index (κ3) is 2.60. The van der Waals surface area contributed by atoms with Crippen molar-refractivity contribution >= 4 is 8.80 Å². The fourth-order valence-corrected chi connectivity index (χ4v) is 4.20. The van der Waals surface area contributed by atoms with Crippen LogP contribution in [0.5, 0.6) is 0 Å². The molecular formula is C9H19OSi. The Labute approximate surface area is 71.7 Å². The van der Waals surface area contributed by atoms with Gasteiger partial charge in [0.1, 0.15) is 0 Å². The Kier molecular flexibility index (Phi) is 4.16. The molecule has 0 unspecified atom stereocenters. The number of hydrogen-bond donors (Lipinski definition) is 0. The maximum absolute atomic E-state index is 5.70. The lowest BCUT2D eigenvalue weighted by atomic mass is 10.2. The van der Waals surface area contributed by atoms with Crippen LogP contribution in [-0.4, -0.2) is 15.4 Å². The first kappa shape index (κ1) is 9.27. The first-order chi connectivity index (χ1) is 5.38. The average molecular weight is 171 g/mol.